The topological polar surface area (TPSA) is 60.5 Å². The summed E-state index contributed by atoms with van der Waals surface area (Å²) in [6.45, 7) is 2.27. The zero-order chi connectivity index (χ0) is 27.0. The van der Waals surface area contributed by atoms with Gasteiger partial charge in [-0.2, -0.15) is 17.7 Å². The molecule has 0 bridgehead atoms. The van der Waals surface area contributed by atoms with E-state index in [1.54, 1.807) is 12.6 Å². The van der Waals surface area contributed by atoms with Crippen LogP contribution in [0.2, 0.25) is 0 Å². The molecule has 0 amide bonds. The number of terminal acetylenes is 1. The van der Waals surface area contributed by atoms with Gasteiger partial charge in [-0.3, -0.25) is 9.78 Å². The van der Waals surface area contributed by atoms with E-state index in [4.69, 9.17) is 16.0 Å². The molecule has 0 fully saturated rings. The summed E-state index contributed by atoms with van der Waals surface area (Å²) in [5.74, 6) is 2.08. The average Bonchev–Trinajstić information content (AvgIpc) is 2.93. The van der Waals surface area contributed by atoms with Crippen LogP contribution in [0.3, 0.4) is 0 Å². The molecule has 1 N–H and O–H groups in total. The van der Waals surface area contributed by atoms with Crippen molar-refractivity contribution in [2.45, 2.75) is 19.4 Å². The van der Waals surface area contributed by atoms with Crippen molar-refractivity contribution >= 4 is 345 Å². The molecule has 0 aliphatic rings. The van der Waals surface area contributed by atoms with Gasteiger partial charge in [-0.05, 0) is 12.1 Å². The number of carbonyl (C=O) groups is 1. The van der Waals surface area contributed by atoms with Crippen LogP contribution in [0.1, 0.15) is 24.8 Å². The van der Waals surface area contributed by atoms with Crippen LogP contribution in [0, 0.1) is 18.9 Å². The zero-order valence-electron chi connectivity index (χ0n) is 26.3. The van der Waals surface area contributed by atoms with E-state index in [-0.39, 0.29) is 143 Å². The van der Waals surface area contributed by atoms with Crippen molar-refractivity contribution in [1.82, 2.24) is 10.5 Å². The molecule has 0 aliphatic heterocycles. The van der Waals surface area contributed by atoms with Gasteiger partial charge in [0.2, 0.25) is 0 Å². The number of hydroxylamine groups is 1. The molecule has 0 spiro atoms. The molecular weight excluding hydrogens is 1330 g/mol. The van der Waals surface area contributed by atoms with Crippen molar-refractivity contribution in [3.63, 3.8) is 0 Å². The molecular formula is C19H20N2O3Rb12. The van der Waals surface area contributed by atoms with Crippen LogP contribution in [0.25, 0.3) is 0 Å². The second-order valence-corrected chi connectivity index (χ2v) is 4.93. The minimum absolute atomic E-state index is 0. The molecule has 0 unspecified atom stereocenters. The molecule has 2 aromatic rings. The molecule has 0 atom stereocenters. The van der Waals surface area contributed by atoms with E-state index >= 15 is 0 Å². The SMILES string of the molecule is C#CCCOC(=O)Cc1cccc(CON[CH-]c2ccccc2)n1.[H-].[Rb+].[Rb+].[Rb][Rb].[Rb][Rb].[Rb][Rb].[Rb][Rb].[Rb][Rb]. The van der Waals surface area contributed by atoms with Crippen LogP contribution in [0.15, 0.2) is 48.5 Å². The number of benzene rings is 1. The normalized spacial score (nSPS) is 7.75. The second kappa shape index (κ2) is 63.0. The number of pyridine rings is 1. The summed E-state index contributed by atoms with van der Waals surface area (Å²) in [4.78, 5) is 21.4. The summed E-state index contributed by atoms with van der Waals surface area (Å²) in [5.41, 5.74) is 5.13. The van der Waals surface area contributed by atoms with Crippen LogP contribution in [0.5, 0.6) is 0 Å². The van der Waals surface area contributed by atoms with E-state index in [0.717, 1.165) is 350 Å². The van der Waals surface area contributed by atoms with Gasteiger partial charge in [-0.1, -0.05) is 18.7 Å². The number of hydrogen-bond donors (Lipinski definition) is 1. The van der Waals surface area contributed by atoms with E-state index in [9.17, 15) is 4.79 Å². The van der Waals surface area contributed by atoms with E-state index < -0.39 is 0 Å². The predicted molar refractivity (Wildman–Crippen MR) is 149 cm³/mol. The summed E-state index contributed by atoms with van der Waals surface area (Å²) in [5, 5.41) is 0. The minimum atomic E-state index is -0.341. The number of nitrogens with one attached hydrogen (secondary N) is 1. The molecule has 5 nitrogen and oxygen atoms in total. The maximum absolute atomic E-state index is 11.6. The quantitative estimate of drug-likeness (QED) is 0.0892. The van der Waals surface area contributed by atoms with Gasteiger partial charge >= 0.3 is 461 Å². The van der Waals surface area contributed by atoms with Crippen molar-refractivity contribution in [2.24, 2.45) is 0 Å². The maximum atomic E-state index is 11.6. The van der Waals surface area contributed by atoms with Crippen molar-refractivity contribution in [3.05, 3.63) is 72.0 Å². The Hall–Kier alpha value is 18.9. The molecule has 136 valence electrons. The second-order valence-electron chi connectivity index (χ2n) is 4.93. The first-order valence-electron chi connectivity index (χ1n) is 12.6. The van der Waals surface area contributed by atoms with Crippen LogP contribution in [0.4, 0.5) is 0 Å². The Kier molecular flexibility index (Phi) is 117. The average molecular weight is 1350 g/mol. The fraction of sp³-hybridized carbons (Fsp3) is 0.211. The first kappa shape index (κ1) is 66.7. The number of carbonyl (C=O) groups excluding carboxylic acids is 1. The third kappa shape index (κ3) is 50.9. The van der Waals surface area contributed by atoms with Gasteiger partial charge in [0.25, 0.3) is 0 Å². The van der Waals surface area contributed by atoms with Gasteiger partial charge < -0.3 is 11.0 Å². The van der Waals surface area contributed by atoms with Crippen LogP contribution >= 0.6 is 0 Å². The first-order chi connectivity index (χ1) is 16.8. The van der Waals surface area contributed by atoms with Gasteiger partial charge in [0.1, 0.15) is 13.2 Å². The number of hydrogen-bond acceptors (Lipinski definition) is 5. The van der Waals surface area contributed by atoms with Crippen LogP contribution in [-0.4, -0.2) is 356 Å². The number of aromatic nitrogens is 1. The molecule has 1 heterocycles. The van der Waals surface area contributed by atoms with Crippen LogP contribution < -0.4 is 122 Å². The Bertz CT molecular complexity index is 720. The molecule has 0 saturated carbocycles. The standard InChI is InChI=1S/C19H19N2O3.12Rb.H/c1-2-3-12-23-19(22)13-17-10-7-11-18(21-17)15-24-20-14-16-8-5-4-6-9-16;;;;;;;;;;;;;/h1,4-11,14,20H,3,12-13,15H2;;;;;;;;;;;;;/q-1;;;;;;;;;;;2*+1;-1. The third-order valence-corrected chi connectivity index (χ3v) is 3.03. The molecule has 0 saturated heterocycles. The fourth-order valence-electron chi connectivity index (χ4n) is 1.91. The summed E-state index contributed by atoms with van der Waals surface area (Å²) in [7, 11) is 0. The number of nitrogens with zero attached hydrogens (tertiary/aromatic N) is 1. The van der Waals surface area contributed by atoms with Crippen molar-refractivity contribution < 1.29 is 132 Å². The van der Waals surface area contributed by atoms with E-state index in [1.807, 2.05) is 42.5 Å². The number of rotatable bonds is 9. The molecule has 2 rings (SSSR count). The van der Waals surface area contributed by atoms with Crippen molar-refractivity contribution in [3.8, 4) is 12.3 Å². The first-order valence-corrected chi connectivity index (χ1v) is 183. The van der Waals surface area contributed by atoms with E-state index in [1.165, 1.54) is 0 Å². The summed E-state index contributed by atoms with van der Waals surface area (Å²) in [6, 6.07) is 15.2. The zero-order valence-corrected chi connectivity index (χ0v) is 84.3. The van der Waals surface area contributed by atoms with Gasteiger partial charge in [-0.25, -0.2) is 5.48 Å². The van der Waals surface area contributed by atoms with Gasteiger partial charge in [-0.15, -0.1) is 24.5 Å². The Balaban J connectivity index is -0.000000124. The molecule has 1 aromatic carbocycles. The monoisotopic (exact) mass is 1340 g/mol. The molecule has 0 aliphatic carbocycles. The van der Waals surface area contributed by atoms with Gasteiger partial charge in [0.05, 0.1) is 17.8 Å². The Morgan fingerprint density at radius 3 is 1.94 bits per heavy atom. The van der Waals surface area contributed by atoms with Gasteiger partial charge in [0.15, 0.2) is 0 Å². The molecule has 36 heavy (non-hydrogen) atoms. The molecule has 0 radical (unpaired) electrons. The van der Waals surface area contributed by atoms with Crippen molar-refractivity contribution in [1.29, 1.82) is 0 Å². The number of esters is 1. The third-order valence-electron chi connectivity index (χ3n) is 3.03. The summed E-state index contributed by atoms with van der Waals surface area (Å²) < 4.78 is 5.00. The van der Waals surface area contributed by atoms with Gasteiger partial charge in [0, 0.05) is 6.42 Å². The Morgan fingerprint density at radius 1 is 0.889 bits per heavy atom. The number of ether oxygens (including phenoxy) is 1. The predicted octanol–water partition coefficient (Wildman–Crippen LogP) is -7.27. The van der Waals surface area contributed by atoms with Crippen LogP contribution in [-0.2, 0) is 27.4 Å². The summed E-state index contributed by atoms with van der Waals surface area (Å²) >= 11 is 11.6. The van der Waals surface area contributed by atoms with E-state index in [0.29, 0.717) is 12.1 Å². The molecule has 17 heteroatoms. The summed E-state index contributed by atoms with van der Waals surface area (Å²) in [6.07, 6.45) is 5.63. The van der Waals surface area contributed by atoms with Crippen molar-refractivity contribution in [2.75, 3.05) is 6.61 Å². The van der Waals surface area contributed by atoms with E-state index in [2.05, 4.69) is 16.4 Å². The fourth-order valence-corrected chi connectivity index (χ4v) is 1.91. The Labute approximate surface area is 563 Å². The molecule has 1 aromatic heterocycles. The Morgan fingerprint density at radius 2 is 1.42 bits per heavy atom.